The molecule has 0 amide bonds. The summed E-state index contributed by atoms with van der Waals surface area (Å²) in [6, 6.07) is 0. The number of ketones is 1. The largest absolute Gasteiger partial charge is 0.377 e. The standard InChI is InChI=1S/C14H24O2/c1-3-4-5-6-7-8-9-12-10-13(16-2)11-14(12)15/h10,13H,3-9,11H2,1-2H3. The molecule has 0 bridgehead atoms. The fourth-order valence-electron chi connectivity index (χ4n) is 2.16. The normalized spacial score (nSPS) is 20.2. The molecule has 0 saturated heterocycles. The van der Waals surface area contributed by atoms with Crippen LogP contribution in [0.1, 0.15) is 58.3 Å². The summed E-state index contributed by atoms with van der Waals surface area (Å²) < 4.78 is 5.17. The molecule has 2 nitrogen and oxygen atoms in total. The molecule has 0 fully saturated rings. The Labute approximate surface area is 99.1 Å². The minimum absolute atomic E-state index is 0.0441. The number of ether oxygens (including phenoxy) is 1. The van der Waals surface area contributed by atoms with Gasteiger partial charge in [0, 0.05) is 13.5 Å². The van der Waals surface area contributed by atoms with Crippen molar-refractivity contribution in [2.75, 3.05) is 7.11 Å². The van der Waals surface area contributed by atoms with E-state index in [1.54, 1.807) is 7.11 Å². The monoisotopic (exact) mass is 224 g/mol. The Bertz CT molecular complexity index is 243. The van der Waals surface area contributed by atoms with Gasteiger partial charge in [-0.2, -0.15) is 0 Å². The zero-order valence-corrected chi connectivity index (χ0v) is 10.6. The molecular weight excluding hydrogens is 200 g/mol. The lowest BCUT2D eigenvalue weighted by atomic mass is 10.0. The van der Waals surface area contributed by atoms with Crippen molar-refractivity contribution in [3.8, 4) is 0 Å². The summed E-state index contributed by atoms with van der Waals surface area (Å²) in [7, 11) is 1.67. The quantitative estimate of drug-likeness (QED) is 0.588. The van der Waals surface area contributed by atoms with Crippen LogP contribution in [0.25, 0.3) is 0 Å². The highest BCUT2D eigenvalue weighted by Gasteiger charge is 2.22. The predicted molar refractivity (Wildman–Crippen MR) is 66.5 cm³/mol. The molecule has 0 aliphatic heterocycles. The lowest BCUT2D eigenvalue weighted by Crippen LogP contribution is -2.05. The summed E-state index contributed by atoms with van der Waals surface area (Å²) in [5, 5.41) is 0. The van der Waals surface area contributed by atoms with E-state index in [1.807, 2.05) is 6.08 Å². The van der Waals surface area contributed by atoms with Gasteiger partial charge in [0.25, 0.3) is 0 Å². The Balaban J connectivity index is 2.11. The highest BCUT2D eigenvalue weighted by Crippen LogP contribution is 2.22. The zero-order chi connectivity index (χ0) is 11.8. The number of Topliss-reactive ketones (excluding diaryl/α,β-unsaturated/α-hetero) is 1. The molecule has 1 rings (SSSR count). The van der Waals surface area contributed by atoms with E-state index in [4.69, 9.17) is 4.74 Å². The SMILES string of the molecule is CCCCCCCCC1=CC(OC)CC1=O. The van der Waals surface area contributed by atoms with Gasteiger partial charge in [0.05, 0.1) is 6.10 Å². The van der Waals surface area contributed by atoms with Crippen LogP contribution in [0.2, 0.25) is 0 Å². The molecule has 0 aromatic rings. The van der Waals surface area contributed by atoms with E-state index < -0.39 is 0 Å². The highest BCUT2D eigenvalue weighted by molar-refractivity contribution is 5.98. The van der Waals surface area contributed by atoms with Crippen molar-refractivity contribution in [1.82, 2.24) is 0 Å². The summed E-state index contributed by atoms with van der Waals surface area (Å²) in [5.74, 6) is 0.292. The second kappa shape index (κ2) is 7.61. The maximum absolute atomic E-state index is 11.6. The van der Waals surface area contributed by atoms with Crippen LogP contribution in [-0.4, -0.2) is 19.0 Å². The molecule has 0 spiro atoms. The van der Waals surface area contributed by atoms with Crippen LogP contribution in [0.5, 0.6) is 0 Å². The maximum Gasteiger partial charge on any atom is 0.161 e. The molecule has 0 radical (unpaired) electrons. The number of allylic oxidation sites excluding steroid dienone is 1. The number of methoxy groups -OCH3 is 1. The Kier molecular flexibility index (Phi) is 6.39. The minimum atomic E-state index is 0.0441. The number of hydrogen-bond acceptors (Lipinski definition) is 2. The molecule has 1 aliphatic rings. The number of rotatable bonds is 8. The van der Waals surface area contributed by atoms with E-state index in [1.165, 1.54) is 32.1 Å². The fraction of sp³-hybridized carbons (Fsp3) is 0.786. The lowest BCUT2D eigenvalue weighted by molar-refractivity contribution is -0.116. The summed E-state index contributed by atoms with van der Waals surface area (Å²) in [6.07, 6.45) is 11.2. The Morgan fingerprint density at radius 2 is 1.94 bits per heavy atom. The smallest absolute Gasteiger partial charge is 0.161 e. The second-order valence-electron chi connectivity index (χ2n) is 4.61. The van der Waals surface area contributed by atoms with Gasteiger partial charge in [0.15, 0.2) is 5.78 Å². The Hall–Kier alpha value is -0.630. The number of carbonyl (C=O) groups is 1. The average molecular weight is 224 g/mol. The van der Waals surface area contributed by atoms with Crippen molar-refractivity contribution < 1.29 is 9.53 Å². The molecule has 0 saturated carbocycles. The zero-order valence-electron chi connectivity index (χ0n) is 10.6. The number of unbranched alkanes of at least 4 members (excludes halogenated alkanes) is 5. The number of hydrogen-bond donors (Lipinski definition) is 0. The molecule has 1 unspecified atom stereocenters. The molecular formula is C14H24O2. The van der Waals surface area contributed by atoms with Gasteiger partial charge in [-0.15, -0.1) is 0 Å². The van der Waals surface area contributed by atoms with E-state index in [2.05, 4.69) is 6.92 Å². The Morgan fingerprint density at radius 3 is 2.56 bits per heavy atom. The van der Waals surface area contributed by atoms with Gasteiger partial charge in [0.2, 0.25) is 0 Å². The van der Waals surface area contributed by atoms with Crippen LogP contribution in [0, 0.1) is 0 Å². The molecule has 2 heteroatoms. The van der Waals surface area contributed by atoms with Gasteiger partial charge in [-0.05, 0) is 24.5 Å². The first-order valence-electron chi connectivity index (χ1n) is 6.54. The highest BCUT2D eigenvalue weighted by atomic mass is 16.5. The fourth-order valence-corrected chi connectivity index (χ4v) is 2.16. The minimum Gasteiger partial charge on any atom is -0.377 e. The van der Waals surface area contributed by atoms with Crippen molar-refractivity contribution in [1.29, 1.82) is 0 Å². The van der Waals surface area contributed by atoms with Gasteiger partial charge in [-0.25, -0.2) is 0 Å². The maximum atomic E-state index is 11.6. The predicted octanol–water partition coefficient (Wildman–Crippen LogP) is 3.65. The van der Waals surface area contributed by atoms with Crippen LogP contribution in [0.3, 0.4) is 0 Å². The van der Waals surface area contributed by atoms with E-state index >= 15 is 0 Å². The van der Waals surface area contributed by atoms with Crippen molar-refractivity contribution in [3.63, 3.8) is 0 Å². The number of carbonyl (C=O) groups excluding carboxylic acids is 1. The van der Waals surface area contributed by atoms with Gasteiger partial charge < -0.3 is 4.74 Å². The van der Waals surface area contributed by atoms with Gasteiger partial charge in [0.1, 0.15) is 0 Å². The Morgan fingerprint density at radius 1 is 1.25 bits per heavy atom. The molecule has 0 heterocycles. The molecule has 0 aromatic carbocycles. The van der Waals surface area contributed by atoms with Crippen molar-refractivity contribution in [3.05, 3.63) is 11.6 Å². The van der Waals surface area contributed by atoms with Crippen molar-refractivity contribution in [2.45, 2.75) is 64.4 Å². The molecule has 0 N–H and O–H groups in total. The average Bonchev–Trinajstić information content (AvgIpc) is 2.65. The van der Waals surface area contributed by atoms with E-state index in [0.29, 0.717) is 12.2 Å². The van der Waals surface area contributed by atoms with Crippen LogP contribution in [0.15, 0.2) is 11.6 Å². The molecule has 1 aliphatic carbocycles. The molecule has 0 aromatic heterocycles. The second-order valence-corrected chi connectivity index (χ2v) is 4.61. The summed E-state index contributed by atoms with van der Waals surface area (Å²) in [5.41, 5.74) is 1.00. The first-order valence-corrected chi connectivity index (χ1v) is 6.54. The van der Waals surface area contributed by atoms with Crippen LogP contribution in [0.4, 0.5) is 0 Å². The third-order valence-electron chi connectivity index (χ3n) is 3.23. The van der Waals surface area contributed by atoms with E-state index in [-0.39, 0.29) is 6.10 Å². The van der Waals surface area contributed by atoms with E-state index in [0.717, 1.165) is 18.4 Å². The van der Waals surface area contributed by atoms with Crippen molar-refractivity contribution in [2.24, 2.45) is 0 Å². The van der Waals surface area contributed by atoms with Crippen LogP contribution in [-0.2, 0) is 9.53 Å². The summed E-state index contributed by atoms with van der Waals surface area (Å²) in [6.45, 7) is 2.23. The third kappa shape index (κ3) is 4.48. The molecule has 92 valence electrons. The van der Waals surface area contributed by atoms with Crippen LogP contribution < -0.4 is 0 Å². The van der Waals surface area contributed by atoms with Crippen LogP contribution >= 0.6 is 0 Å². The molecule has 1 atom stereocenters. The summed E-state index contributed by atoms with van der Waals surface area (Å²) >= 11 is 0. The van der Waals surface area contributed by atoms with Crippen molar-refractivity contribution >= 4 is 5.78 Å². The first-order chi connectivity index (χ1) is 7.77. The third-order valence-corrected chi connectivity index (χ3v) is 3.23. The molecule has 16 heavy (non-hydrogen) atoms. The lowest BCUT2D eigenvalue weighted by Gasteiger charge is -2.01. The van der Waals surface area contributed by atoms with Gasteiger partial charge in [-0.3, -0.25) is 4.79 Å². The topological polar surface area (TPSA) is 26.3 Å². The van der Waals surface area contributed by atoms with E-state index in [9.17, 15) is 4.79 Å². The van der Waals surface area contributed by atoms with Gasteiger partial charge in [-0.1, -0.05) is 39.0 Å². The summed E-state index contributed by atoms with van der Waals surface area (Å²) in [4.78, 5) is 11.6. The first kappa shape index (κ1) is 13.4. The van der Waals surface area contributed by atoms with Gasteiger partial charge >= 0.3 is 0 Å².